The van der Waals surface area contributed by atoms with E-state index in [0.717, 1.165) is 141 Å². The number of carbonyl (C=O) groups is 3. The minimum atomic E-state index is -1.64. The van der Waals surface area contributed by atoms with E-state index in [1.54, 1.807) is 0 Å². The maximum atomic E-state index is 12.9. The van der Waals surface area contributed by atoms with Crippen LogP contribution in [-0.2, 0) is 33.3 Å². The number of carboxylic acid groups (broad SMARTS) is 1. The molecule has 436 valence electrons. The zero-order valence-corrected chi connectivity index (χ0v) is 49.5. The van der Waals surface area contributed by atoms with Gasteiger partial charge in [-0.25, -0.2) is 0 Å². The summed E-state index contributed by atoms with van der Waals surface area (Å²) in [5, 5.41) is 11.8. The molecule has 0 N–H and O–H groups in total. The van der Waals surface area contributed by atoms with Crippen molar-refractivity contribution in [2.24, 2.45) is 0 Å². The quantitative estimate of drug-likeness (QED) is 0.0195. The van der Waals surface area contributed by atoms with Crippen LogP contribution in [0.5, 0.6) is 0 Å². The lowest BCUT2D eigenvalue weighted by atomic mass is 10.0. The Morgan fingerprint density at radius 3 is 1.04 bits per heavy atom. The van der Waals surface area contributed by atoms with E-state index in [-0.39, 0.29) is 38.6 Å². The Hall–Kier alpha value is -4.57. The summed E-state index contributed by atoms with van der Waals surface area (Å²) < 4.78 is 22.7. The number of aliphatic carboxylic acids is 1. The summed E-state index contributed by atoms with van der Waals surface area (Å²) in [6.45, 7) is 4.49. The fourth-order valence-electron chi connectivity index (χ4n) is 7.80. The van der Waals surface area contributed by atoms with Crippen LogP contribution in [0.4, 0.5) is 0 Å². The van der Waals surface area contributed by atoms with E-state index in [1.807, 2.05) is 21.1 Å². The second kappa shape index (κ2) is 57.6. The van der Waals surface area contributed by atoms with Gasteiger partial charge in [-0.2, -0.15) is 0 Å². The van der Waals surface area contributed by atoms with Crippen molar-refractivity contribution in [1.82, 2.24) is 0 Å². The maximum absolute atomic E-state index is 12.9. The monoisotopic (exact) mass is 1070 g/mol. The third kappa shape index (κ3) is 58.9. The first kappa shape index (κ1) is 72.4. The van der Waals surface area contributed by atoms with Gasteiger partial charge in [0.2, 0.25) is 0 Å². The van der Waals surface area contributed by atoms with Crippen LogP contribution in [0.1, 0.15) is 219 Å². The molecule has 2 unspecified atom stereocenters. The zero-order valence-electron chi connectivity index (χ0n) is 49.5. The number of nitrogens with zero attached hydrogens (tertiary/aromatic N) is 1. The smallest absolute Gasteiger partial charge is 0.306 e. The van der Waals surface area contributed by atoms with Gasteiger partial charge >= 0.3 is 11.9 Å². The first-order valence-electron chi connectivity index (χ1n) is 30.3. The van der Waals surface area contributed by atoms with Crippen LogP contribution >= 0.6 is 0 Å². The van der Waals surface area contributed by atoms with E-state index >= 15 is 0 Å². The van der Waals surface area contributed by atoms with Gasteiger partial charge in [-0.15, -0.1) is 0 Å². The topological polar surface area (TPSA) is 111 Å². The number of unbranched alkanes of at least 4 members (excludes halogenated alkanes) is 17. The molecule has 0 heterocycles. The molecule has 77 heavy (non-hydrogen) atoms. The van der Waals surface area contributed by atoms with E-state index in [2.05, 4.69) is 148 Å². The third-order valence-electron chi connectivity index (χ3n) is 12.4. The molecule has 0 fully saturated rings. The van der Waals surface area contributed by atoms with Crippen LogP contribution in [0.3, 0.4) is 0 Å². The van der Waals surface area contributed by atoms with Crippen LogP contribution in [0.25, 0.3) is 0 Å². The lowest BCUT2D eigenvalue weighted by molar-refractivity contribution is -0.870. The van der Waals surface area contributed by atoms with Crippen molar-refractivity contribution < 1.29 is 42.9 Å². The average Bonchev–Trinajstić information content (AvgIpc) is 3.40. The van der Waals surface area contributed by atoms with Crippen LogP contribution in [0.2, 0.25) is 0 Å². The van der Waals surface area contributed by atoms with Crippen LogP contribution < -0.4 is 5.11 Å². The zero-order chi connectivity index (χ0) is 56.2. The van der Waals surface area contributed by atoms with E-state index in [1.165, 1.54) is 44.9 Å². The maximum Gasteiger partial charge on any atom is 0.306 e. The Labute approximate surface area is 471 Å². The molecule has 0 saturated carbocycles. The highest BCUT2D eigenvalue weighted by Crippen LogP contribution is 2.15. The summed E-state index contributed by atoms with van der Waals surface area (Å²) >= 11 is 0. The number of carboxylic acids is 1. The summed E-state index contributed by atoms with van der Waals surface area (Å²) in [7, 11) is 5.91. The van der Waals surface area contributed by atoms with E-state index < -0.39 is 24.3 Å². The molecule has 0 aliphatic heterocycles. The Bertz CT molecular complexity index is 1720. The summed E-state index contributed by atoms with van der Waals surface area (Å²) in [5.74, 6) is -2.32. The molecule has 0 aromatic heterocycles. The minimum absolute atomic E-state index is 0.136. The van der Waals surface area contributed by atoms with Gasteiger partial charge in [-0.3, -0.25) is 9.59 Å². The molecule has 0 rings (SSSR count). The number of rotatable bonds is 54. The molecule has 0 aliphatic carbocycles. The first-order valence-corrected chi connectivity index (χ1v) is 30.3. The Balaban J connectivity index is 4.29. The van der Waals surface area contributed by atoms with Crippen LogP contribution in [0.15, 0.2) is 134 Å². The number of ether oxygens (including phenoxy) is 4. The van der Waals surface area contributed by atoms with Crippen molar-refractivity contribution in [3.8, 4) is 0 Å². The second-order valence-corrected chi connectivity index (χ2v) is 20.9. The van der Waals surface area contributed by atoms with Gasteiger partial charge in [0, 0.05) is 12.8 Å². The molecule has 0 aliphatic rings. The lowest BCUT2D eigenvalue weighted by Gasteiger charge is -2.26. The molecular formula is C68H111NO8. The average molecular weight is 1070 g/mol. The van der Waals surface area contributed by atoms with E-state index in [0.29, 0.717) is 17.4 Å². The largest absolute Gasteiger partial charge is 0.545 e. The summed E-state index contributed by atoms with van der Waals surface area (Å²) in [6, 6.07) is 0. The molecule has 9 nitrogen and oxygen atoms in total. The van der Waals surface area contributed by atoms with Gasteiger partial charge in [-0.1, -0.05) is 231 Å². The molecule has 0 amide bonds. The highest BCUT2D eigenvalue weighted by Gasteiger charge is 2.22. The van der Waals surface area contributed by atoms with Gasteiger partial charge in [0.15, 0.2) is 12.4 Å². The van der Waals surface area contributed by atoms with Crippen molar-refractivity contribution in [1.29, 1.82) is 0 Å². The number of likely N-dealkylation sites (N-methyl/N-ethyl adjacent to an activating group) is 1. The normalized spacial score (nSPS) is 13.7. The summed E-state index contributed by atoms with van der Waals surface area (Å²) in [5.41, 5.74) is 0. The Kier molecular flexibility index (Phi) is 54.2. The fraction of sp³-hybridized carbons (Fsp3) is 0.632. The Morgan fingerprint density at radius 2 is 0.701 bits per heavy atom. The van der Waals surface area contributed by atoms with Gasteiger partial charge in [0.05, 0.1) is 40.3 Å². The van der Waals surface area contributed by atoms with Crippen molar-refractivity contribution in [2.75, 3.05) is 47.5 Å². The number of allylic oxidation sites excluding steroid dienone is 22. The molecule has 0 bridgehead atoms. The van der Waals surface area contributed by atoms with Gasteiger partial charge in [0.1, 0.15) is 13.2 Å². The van der Waals surface area contributed by atoms with Gasteiger partial charge in [0.25, 0.3) is 0 Å². The van der Waals surface area contributed by atoms with Gasteiger partial charge in [-0.05, 0) is 109 Å². The summed E-state index contributed by atoms with van der Waals surface area (Å²) in [4.78, 5) is 37.4. The van der Waals surface area contributed by atoms with Crippen molar-refractivity contribution in [2.45, 2.75) is 232 Å². The third-order valence-corrected chi connectivity index (χ3v) is 12.4. The molecule has 9 heteroatoms. The second-order valence-electron chi connectivity index (χ2n) is 20.9. The molecule has 2 atom stereocenters. The molecule has 0 spiro atoms. The van der Waals surface area contributed by atoms with E-state index in [9.17, 15) is 19.5 Å². The minimum Gasteiger partial charge on any atom is -0.545 e. The SMILES string of the molecule is CC/C=C\C/C=C\C/C=C\C/C=C\C/C=C\C/C=C\CCCCCCCCC(=O)OC(COC(=O)CCCCCCCCCCCCC/C=C\C/C=C\C/C=C\C/C=C\C/C=C\CC)COC(OCC[N+](C)(C)C)C(=O)[O-]. The highest BCUT2D eigenvalue weighted by molar-refractivity contribution is 5.70. The predicted octanol–water partition coefficient (Wildman–Crippen LogP) is 16.9. The van der Waals surface area contributed by atoms with E-state index in [4.69, 9.17) is 18.9 Å². The lowest BCUT2D eigenvalue weighted by Crippen LogP contribution is -2.44. The fourth-order valence-corrected chi connectivity index (χ4v) is 7.80. The molecule has 0 aromatic rings. The highest BCUT2D eigenvalue weighted by atomic mass is 16.7. The standard InChI is InChI=1S/C68H111NO8/c1-6-8-10-12-14-16-18-20-22-24-26-28-30-32-33-35-36-38-40-42-44-46-48-50-52-54-56-58-65(70)75-62-64(63-76-68(67(72)73)74-61-60-69(3,4)5)77-66(71)59-57-55-53-51-49-47-45-43-41-39-37-34-31-29-27-25-23-21-19-17-15-13-11-9-7-2/h8-11,14-17,20-23,26-29,32-34,37,41,43,64,68H,6-7,12-13,18-19,24-25,30-31,35-36,38-40,42,44-63H2,1-5H3/b10-8-,11-9-,16-14-,17-15-,22-20-,23-21-,28-26-,29-27-,33-32-,37-34-,43-41-. The number of hydrogen-bond acceptors (Lipinski definition) is 8. The first-order chi connectivity index (χ1) is 37.6. The Morgan fingerprint density at radius 1 is 0.390 bits per heavy atom. The van der Waals surface area contributed by atoms with Crippen LogP contribution in [0, 0.1) is 0 Å². The van der Waals surface area contributed by atoms with Crippen molar-refractivity contribution in [3.63, 3.8) is 0 Å². The van der Waals surface area contributed by atoms with Crippen LogP contribution in [-0.4, -0.2) is 82.3 Å². The van der Waals surface area contributed by atoms with Gasteiger partial charge < -0.3 is 33.3 Å². The number of quaternary nitrogens is 1. The number of hydrogen-bond donors (Lipinski definition) is 0. The summed E-state index contributed by atoms with van der Waals surface area (Å²) in [6.07, 6.45) is 79.2. The van der Waals surface area contributed by atoms with Crippen molar-refractivity contribution >= 4 is 17.9 Å². The molecular weight excluding hydrogens is 959 g/mol. The predicted molar refractivity (Wildman–Crippen MR) is 324 cm³/mol. The molecule has 0 aromatic carbocycles. The molecule has 0 radical (unpaired) electrons. The number of carbonyl (C=O) groups excluding carboxylic acids is 3. The number of esters is 2. The molecule has 0 saturated heterocycles. The van der Waals surface area contributed by atoms with Crippen molar-refractivity contribution in [3.05, 3.63) is 134 Å².